The molecule has 0 radical (unpaired) electrons. The topological polar surface area (TPSA) is 73.0 Å². The fraction of sp³-hybridized carbons (Fsp3) is 0.571. The Kier molecular flexibility index (Phi) is 7.14. The molecule has 1 aromatic carbocycles. The van der Waals surface area contributed by atoms with Crippen molar-refractivity contribution in [1.29, 1.82) is 0 Å². The van der Waals surface area contributed by atoms with Crippen LogP contribution in [0, 0.1) is 0 Å². The minimum Gasteiger partial charge on any atom is -0.339 e. The number of nitrogens with one attached hydrogen (secondary N) is 1. The summed E-state index contributed by atoms with van der Waals surface area (Å²) in [6, 6.07) is 8.88. The molecule has 3 amide bonds. The first-order valence-corrected chi connectivity index (χ1v) is 10.3. The second-order valence-electron chi connectivity index (χ2n) is 7.87. The van der Waals surface area contributed by atoms with Crippen molar-refractivity contribution in [3.63, 3.8) is 0 Å². The lowest BCUT2D eigenvalue weighted by Gasteiger charge is -2.42. The van der Waals surface area contributed by atoms with Gasteiger partial charge in [0.05, 0.1) is 6.54 Å². The van der Waals surface area contributed by atoms with E-state index in [1.807, 2.05) is 28.0 Å². The number of nitrogens with zero attached hydrogens (tertiary/aromatic N) is 3. The van der Waals surface area contributed by atoms with Gasteiger partial charge in [0.25, 0.3) is 5.91 Å². The van der Waals surface area contributed by atoms with E-state index in [9.17, 15) is 14.4 Å². The van der Waals surface area contributed by atoms with Crippen LogP contribution >= 0.6 is 12.4 Å². The smallest absolute Gasteiger partial charge is 0.254 e. The van der Waals surface area contributed by atoms with Crippen LogP contribution in [-0.2, 0) is 9.59 Å². The average molecular weight is 421 g/mol. The zero-order valence-corrected chi connectivity index (χ0v) is 17.4. The summed E-state index contributed by atoms with van der Waals surface area (Å²) in [6.45, 7) is 3.80. The monoisotopic (exact) mass is 420 g/mol. The third-order valence-electron chi connectivity index (χ3n) is 6.09. The number of piperidine rings is 1. The molecule has 2 unspecified atom stereocenters. The summed E-state index contributed by atoms with van der Waals surface area (Å²) >= 11 is 0. The van der Waals surface area contributed by atoms with E-state index in [2.05, 4.69) is 5.32 Å². The van der Waals surface area contributed by atoms with Crippen molar-refractivity contribution >= 4 is 30.1 Å². The molecule has 0 bridgehead atoms. The maximum absolute atomic E-state index is 13.3. The van der Waals surface area contributed by atoms with E-state index in [0.717, 1.165) is 25.8 Å². The van der Waals surface area contributed by atoms with Gasteiger partial charge in [-0.1, -0.05) is 18.2 Å². The lowest BCUT2D eigenvalue weighted by atomic mass is 10.0. The van der Waals surface area contributed by atoms with Crippen LogP contribution in [0.1, 0.15) is 36.0 Å². The highest BCUT2D eigenvalue weighted by atomic mass is 35.5. The standard InChI is InChI=1S/C21H28N4O3.ClH/c26-19-14-22-10-13-24(19)17-8-4-11-23(15-17)21(28)18-9-5-12-25(18)20(27)16-6-2-1-3-7-16;/h1-3,6-7,17-18,22H,4-5,8-15H2;1H. The van der Waals surface area contributed by atoms with Crippen molar-refractivity contribution in [3.05, 3.63) is 35.9 Å². The number of hydrogen-bond acceptors (Lipinski definition) is 4. The van der Waals surface area contributed by atoms with Crippen LogP contribution in [-0.4, -0.2) is 83.8 Å². The van der Waals surface area contributed by atoms with Gasteiger partial charge in [0.2, 0.25) is 11.8 Å². The van der Waals surface area contributed by atoms with Gasteiger partial charge in [-0.05, 0) is 37.8 Å². The molecule has 3 heterocycles. The highest BCUT2D eigenvalue weighted by Gasteiger charge is 2.39. The Morgan fingerprint density at radius 2 is 1.76 bits per heavy atom. The van der Waals surface area contributed by atoms with Crippen LogP contribution in [0.4, 0.5) is 0 Å². The van der Waals surface area contributed by atoms with Crippen molar-refractivity contribution in [2.75, 3.05) is 39.3 Å². The van der Waals surface area contributed by atoms with E-state index in [1.165, 1.54) is 0 Å². The molecule has 3 aliphatic heterocycles. The fourth-order valence-electron chi connectivity index (χ4n) is 4.64. The molecule has 8 heteroatoms. The summed E-state index contributed by atoms with van der Waals surface area (Å²) in [5, 5.41) is 3.10. The third kappa shape index (κ3) is 4.56. The summed E-state index contributed by atoms with van der Waals surface area (Å²) in [5.41, 5.74) is 0.630. The van der Waals surface area contributed by atoms with Gasteiger partial charge >= 0.3 is 0 Å². The Labute approximate surface area is 177 Å². The van der Waals surface area contributed by atoms with Crippen molar-refractivity contribution < 1.29 is 14.4 Å². The van der Waals surface area contributed by atoms with Crippen molar-refractivity contribution in [1.82, 2.24) is 20.0 Å². The van der Waals surface area contributed by atoms with Gasteiger partial charge in [-0.25, -0.2) is 0 Å². The second kappa shape index (κ2) is 9.59. The number of carbonyl (C=O) groups excluding carboxylic acids is 3. The first kappa shape index (κ1) is 21.6. The van der Waals surface area contributed by atoms with E-state index in [4.69, 9.17) is 0 Å². The summed E-state index contributed by atoms with van der Waals surface area (Å²) in [7, 11) is 0. The molecular formula is C21H29ClN4O3. The molecule has 29 heavy (non-hydrogen) atoms. The first-order chi connectivity index (χ1) is 13.6. The molecule has 0 spiro atoms. The predicted octanol–water partition coefficient (Wildman–Crippen LogP) is 1.14. The maximum Gasteiger partial charge on any atom is 0.254 e. The zero-order chi connectivity index (χ0) is 19.5. The first-order valence-electron chi connectivity index (χ1n) is 10.3. The number of benzene rings is 1. The van der Waals surface area contributed by atoms with Crippen LogP contribution in [0.5, 0.6) is 0 Å². The summed E-state index contributed by atoms with van der Waals surface area (Å²) in [5.74, 6) is 0.0867. The van der Waals surface area contributed by atoms with Crippen molar-refractivity contribution in [2.24, 2.45) is 0 Å². The van der Waals surface area contributed by atoms with Gasteiger partial charge in [-0.2, -0.15) is 0 Å². The fourth-order valence-corrected chi connectivity index (χ4v) is 4.64. The Balaban J connectivity index is 0.00000240. The van der Waals surface area contributed by atoms with Crippen molar-refractivity contribution in [3.8, 4) is 0 Å². The molecule has 3 saturated heterocycles. The van der Waals surface area contributed by atoms with Crippen molar-refractivity contribution in [2.45, 2.75) is 37.8 Å². The SMILES string of the molecule is Cl.O=C(C1CCCN1C(=O)c1ccccc1)N1CCCC(N2CCNCC2=O)C1. The van der Waals surface area contributed by atoms with Crippen LogP contribution < -0.4 is 5.32 Å². The van der Waals surface area contributed by atoms with E-state index in [-0.39, 0.29) is 42.2 Å². The van der Waals surface area contributed by atoms with E-state index >= 15 is 0 Å². The molecule has 0 saturated carbocycles. The second-order valence-corrected chi connectivity index (χ2v) is 7.87. The molecule has 3 aliphatic rings. The Morgan fingerprint density at radius 3 is 2.52 bits per heavy atom. The summed E-state index contributed by atoms with van der Waals surface area (Å²) < 4.78 is 0. The molecular weight excluding hydrogens is 392 g/mol. The number of carbonyl (C=O) groups is 3. The average Bonchev–Trinajstić information content (AvgIpc) is 3.23. The summed E-state index contributed by atoms with van der Waals surface area (Å²) in [6.07, 6.45) is 3.40. The lowest BCUT2D eigenvalue weighted by Crippen LogP contribution is -2.59. The summed E-state index contributed by atoms with van der Waals surface area (Å²) in [4.78, 5) is 43.9. The van der Waals surface area contributed by atoms with E-state index in [0.29, 0.717) is 44.7 Å². The molecule has 0 aliphatic carbocycles. The number of rotatable bonds is 3. The Morgan fingerprint density at radius 1 is 1.00 bits per heavy atom. The number of likely N-dealkylation sites (tertiary alicyclic amines) is 2. The zero-order valence-electron chi connectivity index (χ0n) is 16.6. The maximum atomic E-state index is 13.3. The van der Waals surface area contributed by atoms with Crippen LogP contribution in [0.2, 0.25) is 0 Å². The number of hydrogen-bond donors (Lipinski definition) is 1. The lowest BCUT2D eigenvalue weighted by molar-refractivity contribution is -0.142. The van der Waals surface area contributed by atoms with Gasteiger partial charge in [-0.3, -0.25) is 14.4 Å². The molecule has 4 rings (SSSR count). The van der Waals surface area contributed by atoms with Gasteiger partial charge < -0.3 is 20.0 Å². The minimum atomic E-state index is -0.384. The minimum absolute atomic E-state index is 0. The van der Waals surface area contributed by atoms with Gasteiger partial charge in [0.1, 0.15) is 6.04 Å². The third-order valence-corrected chi connectivity index (χ3v) is 6.09. The Hall–Kier alpha value is -2.12. The number of amides is 3. The molecule has 7 nitrogen and oxygen atoms in total. The Bertz CT molecular complexity index is 745. The van der Waals surface area contributed by atoms with E-state index in [1.54, 1.807) is 17.0 Å². The van der Waals surface area contributed by atoms with Gasteiger partial charge in [0, 0.05) is 44.3 Å². The largest absolute Gasteiger partial charge is 0.339 e. The van der Waals surface area contributed by atoms with Gasteiger partial charge in [0.15, 0.2) is 0 Å². The highest BCUT2D eigenvalue weighted by molar-refractivity contribution is 5.98. The van der Waals surface area contributed by atoms with Gasteiger partial charge in [-0.15, -0.1) is 12.4 Å². The molecule has 0 aromatic heterocycles. The number of halogens is 1. The molecule has 158 valence electrons. The molecule has 1 aromatic rings. The molecule has 1 N–H and O–H groups in total. The molecule has 2 atom stereocenters. The predicted molar refractivity (Wildman–Crippen MR) is 112 cm³/mol. The molecule has 3 fully saturated rings. The normalized spacial score (nSPS) is 25.0. The van der Waals surface area contributed by atoms with Crippen LogP contribution in [0.15, 0.2) is 30.3 Å². The van der Waals surface area contributed by atoms with E-state index < -0.39 is 0 Å². The quantitative estimate of drug-likeness (QED) is 0.795. The van der Waals surface area contributed by atoms with Crippen LogP contribution in [0.3, 0.4) is 0 Å². The van der Waals surface area contributed by atoms with Crippen LogP contribution in [0.25, 0.3) is 0 Å². The highest BCUT2D eigenvalue weighted by Crippen LogP contribution is 2.25. The number of piperazine rings is 1.